The molecule has 352 valence electrons. The second kappa shape index (κ2) is 20.0. The molecule has 15 heteroatoms. The molecule has 68 heavy (non-hydrogen) atoms. The van der Waals surface area contributed by atoms with Crippen LogP contribution in [0.3, 0.4) is 0 Å². The summed E-state index contributed by atoms with van der Waals surface area (Å²) in [6.07, 6.45) is 0.967. The number of carbonyl (C=O) groups excluding carboxylic acids is 2. The minimum Gasteiger partial charge on any atom is -0.460 e. The maximum absolute atomic E-state index is 12.8. The Balaban J connectivity index is 0.000000201. The molecule has 1 N–H and O–H groups in total. The third kappa shape index (κ3) is 10.8. The van der Waals surface area contributed by atoms with Crippen LogP contribution in [-0.4, -0.2) is 75.8 Å². The SMILES string of the molecule is CCC#Cc1ccc(C2=N[C@@H](CC(=O)OC(C)(C)C)c3nnc(C)n3-c3sc(C)c(C)c32)cc1.Cc1sc2c(c1C)C(c1ccc(C#CCO)cc1)=N[C@@H](CC(=O)OC(C)(C)C)c1nnc(C)n1-2. The fourth-order valence-corrected chi connectivity index (χ4v) is 10.3. The van der Waals surface area contributed by atoms with Gasteiger partial charge in [-0.3, -0.25) is 28.7 Å². The quantitative estimate of drug-likeness (QED) is 0.127. The molecule has 0 spiro atoms. The van der Waals surface area contributed by atoms with E-state index in [2.05, 4.69) is 83.9 Å². The summed E-state index contributed by atoms with van der Waals surface area (Å²) in [4.78, 5) is 38.3. The van der Waals surface area contributed by atoms with Crippen molar-refractivity contribution >= 4 is 46.0 Å². The molecule has 2 atom stereocenters. The molecule has 2 aliphatic heterocycles. The number of ether oxygens (including phenoxy) is 2. The Bertz CT molecular complexity index is 2870. The predicted molar refractivity (Wildman–Crippen MR) is 269 cm³/mol. The van der Waals surface area contributed by atoms with E-state index in [9.17, 15) is 9.59 Å². The minimum absolute atomic E-state index is 0.0614. The Morgan fingerprint density at radius 1 is 0.618 bits per heavy atom. The lowest BCUT2D eigenvalue weighted by Crippen LogP contribution is -2.25. The highest BCUT2D eigenvalue weighted by Crippen LogP contribution is 2.41. The van der Waals surface area contributed by atoms with Gasteiger partial charge in [0.2, 0.25) is 0 Å². The van der Waals surface area contributed by atoms with E-state index < -0.39 is 23.3 Å². The predicted octanol–water partition coefficient (Wildman–Crippen LogP) is 9.86. The lowest BCUT2D eigenvalue weighted by atomic mass is 9.98. The van der Waals surface area contributed by atoms with Crippen LogP contribution in [0.4, 0.5) is 0 Å². The second-order valence-electron chi connectivity index (χ2n) is 18.6. The summed E-state index contributed by atoms with van der Waals surface area (Å²) < 4.78 is 15.3. The van der Waals surface area contributed by atoms with Crippen molar-refractivity contribution in [2.24, 2.45) is 9.98 Å². The van der Waals surface area contributed by atoms with E-state index in [-0.39, 0.29) is 31.4 Å². The maximum Gasteiger partial charge on any atom is 0.308 e. The summed E-state index contributed by atoms with van der Waals surface area (Å²) in [5.74, 6) is 14.1. The zero-order chi connectivity index (χ0) is 49.2. The summed E-state index contributed by atoms with van der Waals surface area (Å²) in [6.45, 7) is 25.3. The van der Waals surface area contributed by atoms with Crippen LogP contribution in [0, 0.1) is 65.2 Å². The van der Waals surface area contributed by atoms with E-state index in [1.54, 1.807) is 22.7 Å². The van der Waals surface area contributed by atoms with Crippen LogP contribution in [0.1, 0.15) is 157 Å². The van der Waals surface area contributed by atoms with Gasteiger partial charge in [-0.15, -0.1) is 43.1 Å². The van der Waals surface area contributed by atoms with Crippen LogP contribution in [0.5, 0.6) is 0 Å². The number of hydrogen-bond acceptors (Lipinski definition) is 13. The third-order valence-electron chi connectivity index (χ3n) is 11.1. The van der Waals surface area contributed by atoms with Gasteiger partial charge in [0.25, 0.3) is 0 Å². The van der Waals surface area contributed by atoms with Gasteiger partial charge in [0.1, 0.15) is 51.5 Å². The summed E-state index contributed by atoms with van der Waals surface area (Å²) in [7, 11) is 0. The highest BCUT2D eigenvalue weighted by atomic mass is 32.1. The molecular weight excluding hydrogens is 893 g/mol. The molecule has 4 aromatic heterocycles. The Morgan fingerprint density at radius 2 is 1.00 bits per heavy atom. The average molecular weight is 951 g/mol. The van der Waals surface area contributed by atoms with E-state index in [1.165, 1.54) is 15.3 Å². The molecule has 0 saturated carbocycles. The van der Waals surface area contributed by atoms with Gasteiger partial charge in [-0.25, -0.2) is 0 Å². The van der Waals surface area contributed by atoms with Crippen molar-refractivity contribution in [3.05, 3.63) is 126 Å². The maximum atomic E-state index is 12.8. The Hall–Kier alpha value is -6.52. The highest BCUT2D eigenvalue weighted by Gasteiger charge is 2.35. The van der Waals surface area contributed by atoms with E-state index in [0.717, 1.165) is 78.4 Å². The number of aliphatic hydroxyl groups excluding tert-OH is 1. The number of benzene rings is 2. The van der Waals surface area contributed by atoms with E-state index >= 15 is 0 Å². The summed E-state index contributed by atoms with van der Waals surface area (Å²) in [5.41, 5.74) is 8.57. The number of aromatic nitrogens is 6. The Morgan fingerprint density at radius 3 is 1.35 bits per heavy atom. The fourth-order valence-electron chi connectivity index (χ4n) is 7.89. The van der Waals surface area contributed by atoms with Gasteiger partial charge in [-0.05, 0) is 118 Å². The Kier molecular flexibility index (Phi) is 14.5. The first-order chi connectivity index (χ1) is 32.2. The lowest BCUT2D eigenvalue weighted by Gasteiger charge is -2.21. The molecule has 0 amide bonds. The van der Waals surface area contributed by atoms with Crippen LogP contribution in [0.25, 0.3) is 10.0 Å². The van der Waals surface area contributed by atoms with Crippen molar-refractivity contribution in [3.63, 3.8) is 0 Å². The molecule has 8 rings (SSSR count). The largest absolute Gasteiger partial charge is 0.460 e. The summed E-state index contributed by atoms with van der Waals surface area (Å²) >= 11 is 3.37. The Labute approximate surface area is 406 Å². The number of hydrogen-bond donors (Lipinski definition) is 1. The van der Waals surface area contributed by atoms with E-state index in [0.29, 0.717) is 11.6 Å². The molecule has 0 aliphatic carbocycles. The smallest absolute Gasteiger partial charge is 0.308 e. The fraction of sp³-hybridized carbons (Fsp3) is 0.396. The molecule has 0 radical (unpaired) electrons. The summed E-state index contributed by atoms with van der Waals surface area (Å²) in [5, 5.41) is 28.5. The highest BCUT2D eigenvalue weighted by molar-refractivity contribution is 7.15. The molecule has 0 saturated heterocycles. The monoisotopic (exact) mass is 950 g/mol. The van der Waals surface area contributed by atoms with Gasteiger partial charge in [0.15, 0.2) is 11.6 Å². The zero-order valence-electron chi connectivity index (χ0n) is 41.1. The van der Waals surface area contributed by atoms with Gasteiger partial charge in [0, 0.05) is 49.6 Å². The van der Waals surface area contributed by atoms with Crippen molar-refractivity contribution in [1.29, 1.82) is 0 Å². The summed E-state index contributed by atoms with van der Waals surface area (Å²) in [6, 6.07) is 14.9. The first-order valence-electron chi connectivity index (χ1n) is 22.6. The van der Waals surface area contributed by atoms with Gasteiger partial charge in [-0.1, -0.05) is 54.9 Å². The zero-order valence-corrected chi connectivity index (χ0v) is 42.7. The normalized spacial score (nSPS) is 14.9. The molecule has 6 heterocycles. The minimum atomic E-state index is -0.588. The van der Waals surface area contributed by atoms with Crippen LogP contribution in [0.15, 0.2) is 58.5 Å². The first-order valence-corrected chi connectivity index (χ1v) is 24.2. The van der Waals surface area contributed by atoms with Crippen molar-refractivity contribution in [2.75, 3.05) is 6.61 Å². The number of aryl methyl sites for hydroxylation is 4. The van der Waals surface area contributed by atoms with Gasteiger partial charge in [0.05, 0.1) is 24.3 Å². The van der Waals surface area contributed by atoms with Gasteiger partial charge >= 0.3 is 11.9 Å². The van der Waals surface area contributed by atoms with Crippen molar-refractivity contribution in [2.45, 2.75) is 133 Å². The van der Waals surface area contributed by atoms with E-state index in [1.807, 2.05) is 108 Å². The van der Waals surface area contributed by atoms with Crippen LogP contribution < -0.4 is 0 Å². The second-order valence-corrected chi connectivity index (χ2v) is 21.1. The molecule has 2 aromatic carbocycles. The van der Waals surface area contributed by atoms with E-state index in [4.69, 9.17) is 24.6 Å². The van der Waals surface area contributed by atoms with Crippen molar-refractivity contribution in [3.8, 4) is 33.7 Å². The standard InChI is InChI=1S/C27H30N4O2S.C26H28N4O3S/c1-8-9-10-19-11-13-20(14-12-19)24-23-16(2)17(3)34-26(23)31-18(4)29-30-25(31)21(28-24)15-22(32)33-27(5,6)7;1-15-16(2)34-25-22(15)23(19-11-9-18(10-12-19)8-7-13-31)27-20(14-21(32)33-26(4,5)6)24-29-28-17(3)30(24)25/h11-14,21H,8,15H2,1-7H3;9-12,20,31H,13-14H2,1-6H3/t21-;20-/m00/s1. The molecule has 0 bridgehead atoms. The van der Waals surface area contributed by atoms with Crippen LogP contribution in [0.2, 0.25) is 0 Å². The van der Waals surface area contributed by atoms with Crippen molar-refractivity contribution < 1.29 is 24.2 Å². The molecule has 2 aliphatic rings. The van der Waals surface area contributed by atoms with Crippen molar-refractivity contribution in [1.82, 2.24) is 29.5 Å². The molecule has 13 nitrogen and oxygen atoms in total. The molecule has 0 fully saturated rings. The number of esters is 2. The average Bonchev–Trinajstić information content (AvgIpc) is 3.96. The van der Waals surface area contributed by atoms with Crippen LogP contribution in [-0.2, 0) is 19.1 Å². The number of aliphatic hydroxyl groups is 1. The first kappa shape index (κ1) is 49.4. The van der Waals surface area contributed by atoms with Crippen LogP contribution >= 0.6 is 22.7 Å². The third-order valence-corrected chi connectivity index (χ3v) is 13.5. The number of carbonyl (C=O) groups is 2. The topological polar surface area (TPSA) is 159 Å². The lowest BCUT2D eigenvalue weighted by molar-refractivity contribution is -0.156. The molecule has 6 aromatic rings. The van der Waals surface area contributed by atoms with Gasteiger partial charge in [-0.2, -0.15) is 0 Å². The molecule has 0 unspecified atom stereocenters. The van der Waals surface area contributed by atoms with Gasteiger partial charge < -0.3 is 14.6 Å². The number of aliphatic imine (C=N–C) groups is 2. The number of fused-ring (bicyclic) bond motifs is 6. The number of thiophene rings is 2. The molecular formula is C53H58N8O5S2. The number of rotatable bonds is 6. The number of nitrogens with zero attached hydrogens (tertiary/aromatic N) is 8.